The average molecular weight is 272 g/mol. The highest BCUT2D eigenvalue weighted by atomic mass is 32.1. The maximum Gasteiger partial charge on any atom is 0.144 e. The van der Waals surface area contributed by atoms with E-state index in [9.17, 15) is 0 Å². The second-order valence-electron chi connectivity index (χ2n) is 4.64. The highest BCUT2D eigenvalue weighted by molar-refractivity contribution is 7.09. The SMILES string of the molecule is CC(C)c1nc([C@@H](C)Nc2ncccc2C#N)cs1. The summed E-state index contributed by atoms with van der Waals surface area (Å²) in [4.78, 5) is 8.81. The average Bonchev–Trinajstić information content (AvgIpc) is 2.89. The van der Waals surface area contributed by atoms with Crippen molar-refractivity contribution in [3.05, 3.63) is 40.0 Å². The molecule has 1 N–H and O–H groups in total. The predicted molar refractivity (Wildman–Crippen MR) is 77.2 cm³/mol. The van der Waals surface area contributed by atoms with Crippen LogP contribution in [-0.2, 0) is 0 Å². The van der Waals surface area contributed by atoms with E-state index < -0.39 is 0 Å². The molecule has 4 nitrogen and oxygen atoms in total. The standard InChI is InChI=1S/C14H16N4S/c1-9(2)14-18-12(8-19-14)10(3)17-13-11(7-15)5-4-6-16-13/h4-6,8-10H,1-3H3,(H,16,17)/t10-/m1/s1. The van der Waals surface area contributed by atoms with Gasteiger partial charge in [0.05, 0.1) is 22.3 Å². The number of anilines is 1. The first-order valence-corrected chi connectivity index (χ1v) is 7.06. The van der Waals surface area contributed by atoms with E-state index in [2.05, 4.69) is 40.6 Å². The first kappa shape index (κ1) is 13.5. The van der Waals surface area contributed by atoms with Gasteiger partial charge in [0, 0.05) is 17.5 Å². The third-order valence-electron chi connectivity index (χ3n) is 2.76. The van der Waals surface area contributed by atoms with Crippen LogP contribution in [0.2, 0.25) is 0 Å². The molecular weight excluding hydrogens is 256 g/mol. The van der Waals surface area contributed by atoms with Gasteiger partial charge in [-0.15, -0.1) is 11.3 Å². The summed E-state index contributed by atoms with van der Waals surface area (Å²) in [5, 5.41) is 15.5. The van der Waals surface area contributed by atoms with Crippen molar-refractivity contribution in [2.24, 2.45) is 0 Å². The van der Waals surface area contributed by atoms with Crippen molar-refractivity contribution in [3.8, 4) is 6.07 Å². The van der Waals surface area contributed by atoms with Crippen LogP contribution in [0.25, 0.3) is 0 Å². The highest BCUT2D eigenvalue weighted by Gasteiger charge is 2.13. The fourth-order valence-electron chi connectivity index (χ4n) is 1.65. The lowest BCUT2D eigenvalue weighted by Gasteiger charge is -2.13. The summed E-state index contributed by atoms with van der Waals surface area (Å²) < 4.78 is 0. The zero-order valence-corrected chi connectivity index (χ0v) is 12.0. The molecule has 0 bridgehead atoms. The van der Waals surface area contributed by atoms with E-state index >= 15 is 0 Å². The van der Waals surface area contributed by atoms with Crippen LogP contribution in [0.3, 0.4) is 0 Å². The lowest BCUT2D eigenvalue weighted by Crippen LogP contribution is -2.09. The number of nitrogens with zero attached hydrogens (tertiary/aromatic N) is 3. The van der Waals surface area contributed by atoms with Crippen molar-refractivity contribution in [2.75, 3.05) is 5.32 Å². The molecular formula is C14H16N4S. The van der Waals surface area contributed by atoms with Crippen molar-refractivity contribution in [2.45, 2.75) is 32.7 Å². The molecule has 0 amide bonds. The maximum atomic E-state index is 9.04. The molecule has 5 heteroatoms. The van der Waals surface area contributed by atoms with Crippen LogP contribution in [0.5, 0.6) is 0 Å². The molecule has 0 unspecified atom stereocenters. The van der Waals surface area contributed by atoms with Gasteiger partial charge in [0.2, 0.25) is 0 Å². The first-order chi connectivity index (χ1) is 9.11. The molecule has 0 aliphatic heterocycles. The molecule has 2 aromatic rings. The number of nitrogens with one attached hydrogen (secondary N) is 1. The van der Waals surface area contributed by atoms with Crippen molar-refractivity contribution in [3.63, 3.8) is 0 Å². The van der Waals surface area contributed by atoms with Gasteiger partial charge in [-0.1, -0.05) is 13.8 Å². The van der Waals surface area contributed by atoms with Crippen molar-refractivity contribution in [1.82, 2.24) is 9.97 Å². The second kappa shape index (κ2) is 5.81. The summed E-state index contributed by atoms with van der Waals surface area (Å²) in [6.45, 7) is 6.29. The molecule has 0 spiro atoms. The molecule has 0 saturated carbocycles. The van der Waals surface area contributed by atoms with Gasteiger partial charge in [0.1, 0.15) is 11.9 Å². The fraction of sp³-hybridized carbons (Fsp3) is 0.357. The Hall–Kier alpha value is -1.93. The van der Waals surface area contributed by atoms with Crippen LogP contribution in [0, 0.1) is 11.3 Å². The van der Waals surface area contributed by atoms with Crippen LogP contribution in [0.4, 0.5) is 5.82 Å². The molecule has 98 valence electrons. The Balaban J connectivity index is 2.16. The van der Waals surface area contributed by atoms with Crippen LogP contribution in [0.15, 0.2) is 23.7 Å². The number of nitriles is 1. The predicted octanol–water partition coefficient (Wildman–Crippen LogP) is 3.71. The fourth-order valence-corrected chi connectivity index (χ4v) is 2.58. The normalized spacial score (nSPS) is 12.2. The minimum absolute atomic E-state index is 0.0331. The maximum absolute atomic E-state index is 9.04. The Morgan fingerprint density at radius 3 is 2.79 bits per heavy atom. The summed E-state index contributed by atoms with van der Waals surface area (Å²) in [6.07, 6.45) is 1.68. The van der Waals surface area contributed by atoms with Crippen molar-refractivity contribution in [1.29, 1.82) is 5.26 Å². The zero-order valence-electron chi connectivity index (χ0n) is 11.2. The second-order valence-corrected chi connectivity index (χ2v) is 5.53. The topological polar surface area (TPSA) is 61.6 Å². The third-order valence-corrected chi connectivity index (χ3v) is 3.92. The van der Waals surface area contributed by atoms with Gasteiger partial charge in [-0.25, -0.2) is 9.97 Å². The smallest absolute Gasteiger partial charge is 0.144 e. The number of rotatable bonds is 4. The molecule has 19 heavy (non-hydrogen) atoms. The molecule has 0 radical (unpaired) electrons. The van der Waals surface area contributed by atoms with E-state index in [0.29, 0.717) is 17.3 Å². The van der Waals surface area contributed by atoms with E-state index in [0.717, 1.165) is 10.7 Å². The molecule has 2 aromatic heterocycles. The Morgan fingerprint density at radius 2 is 2.16 bits per heavy atom. The monoisotopic (exact) mass is 272 g/mol. The van der Waals surface area contributed by atoms with E-state index in [1.807, 2.05) is 6.92 Å². The molecule has 2 heterocycles. The van der Waals surface area contributed by atoms with Crippen LogP contribution in [-0.4, -0.2) is 9.97 Å². The molecule has 1 atom stereocenters. The van der Waals surface area contributed by atoms with Gasteiger partial charge < -0.3 is 5.32 Å². The van der Waals surface area contributed by atoms with Gasteiger partial charge in [0.25, 0.3) is 0 Å². The van der Waals surface area contributed by atoms with E-state index in [1.165, 1.54) is 0 Å². The highest BCUT2D eigenvalue weighted by Crippen LogP contribution is 2.25. The summed E-state index contributed by atoms with van der Waals surface area (Å²) >= 11 is 1.67. The van der Waals surface area contributed by atoms with Gasteiger partial charge in [-0.2, -0.15) is 5.26 Å². The van der Waals surface area contributed by atoms with Gasteiger partial charge in [-0.3, -0.25) is 0 Å². The number of hydrogen-bond donors (Lipinski definition) is 1. The number of hydrogen-bond acceptors (Lipinski definition) is 5. The zero-order chi connectivity index (χ0) is 13.8. The van der Waals surface area contributed by atoms with Crippen LogP contribution >= 0.6 is 11.3 Å². The van der Waals surface area contributed by atoms with Crippen molar-refractivity contribution >= 4 is 17.2 Å². The van der Waals surface area contributed by atoms with E-state index in [4.69, 9.17) is 5.26 Å². The summed E-state index contributed by atoms with van der Waals surface area (Å²) in [5.74, 6) is 1.05. The van der Waals surface area contributed by atoms with Gasteiger partial charge in [-0.05, 0) is 19.1 Å². The van der Waals surface area contributed by atoms with Gasteiger partial charge >= 0.3 is 0 Å². The number of aromatic nitrogens is 2. The minimum Gasteiger partial charge on any atom is -0.361 e. The largest absolute Gasteiger partial charge is 0.361 e. The molecule has 0 aliphatic rings. The van der Waals surface area contributed by atoms with Crippen molar-refractivity contribution < 1.29 is 0 Å². The molecule has 2 rings (SSSR count). The molecule has 0 saturated heterocycles. The summed E-state index contributed by atoms with van der Waals surface area (Å²) in [5.41, 5.74) is 1.54. The minimum atomic E-state index is 0.0331. The Labute approximate surface area is 117 Å². The van der Waals surface area contributed by atoms with Gasteiger partial charge in [0.15, 0.2) is 0 Å². The third kappa shape index (κ3) is 3.09. The summed E-state index contributed by atoms with van der Waals surface area (Å²) in [6, 6.07) is 5.68. The Morgan fingerprint density at radius 1 is 1.37 bits per heavy atom. The van der Waals surface area contributed by atoms with Crippen LogP contribution < -0.4 is 5.32 Å². The summed E-state index contributed by atoms with van der Waals surface area (Å²) in [7, 11) is 0. The first-order valence-electron chi connectivity index (χ1n) is 6.18. The van der Waals surface area contributed by atoms with E-state index in [-0.39, 0.29) is 6.04 Å². The quantitative estimate of drug-likeness (QED) is 0.921. The number of pyridine rings is 1. The molecule has 0 fully saturated rings. The Bertz CT molecular complexity index is 597. The lowest BCUT2D eigenvalue weighted by molar-refractivity contribution is 0.798. The molecule has 0 aliphatic carbocycles. The number of thiazole rings is 1. The molecule has 0 aromatic carbocycles. The van der Waals surface area contributed by atoms with Crippen LogP contribution in [0.1, 0.15) is 49.0 Å². The van der Waals surface area contributed by atoms with E-state index in [1.54, 1.807) is 29.7 Å². The lowest BCUT2D eigenvalue weighted by atomic mass is 10.2. The Kier molecular flexibility index (Phi) is 4.13.